The highest BCUT2D eigenvalue weighted by Gasteiger charge is 2.33. The lowest BCUT2D eigenvalue weighted by molar-refractivity contribution is -0.136. The fraction of sp³-hybridized carbons (Fsp3) is 0.0769. The van der Waals surface area contributed by atoms with E-state index in [1.807, 2.05) is 60.8 Å². The Bertz CT molecular complexity index is 1530. The molecule has 0 amide bonds. The minimum atomic E-state index is -4.60. The van der Waals surface area contributed by atoms with E-state index in [0.717, 1.165) is 31.8 Å². The van der Waals surface area contributed by atoms with Crippen molar-refractivity contribution in [1.29, 1.82) is 0 Å². The van der Waals surface area contributed by atoms with Crippen LogP contribution in [0.1, 0.15) is 16.7 Å². The second kappa shape index (κ2) is 8.41. The molecule has 7 heteroatoms. The van der Waals surface area contributed by atoms with E-state index >= 15 is 0 Å². The molecular formula is C26H17F3N2OS. The number of alkyl halides is 3. The topological polar surface area (TPSA) is 45.8 Å². The number of benzene rings is 3. The lowest BCUT2D eigenvalue weighted by atomic mass is 10.0. The van der Waals surface area contributed by atoms with Crippen LogP contribution in [0.5, 0.6) is 0 Å². The number of hydrogen-bond donors (Lipinski definition) is 1. The molecule has 2 aromatic heterocycles. The zero-order valence-electron chi connectivity index (χ0n) is 17.2. The van der Waals surface area contributed by atoms with Crippen molar-refractivity contribution in [3.05, 3.63) is 112 Å². The number of nitrogens with one attached hydrogen (secondary N) is 1. The number of pyridine rings is 2. The van der Waals surface area contributed by atoms with Crippen LogP contribution in [0.25, 0.3) is 21.7 Å². The standard InChI is InChI=1S/C26H17F3N2OS/c27-26(28,29)22-14-24(32)31-23-10-7-17(12-21(22)23)11-16-5-8-20(9-6-16)33-25-13-18-3-1-2-4-19(18)15-30-25/h1-10,12-15H,11H2,(H,31,32). The lowest BCUT2D eigenvalue weighted by Crippen LogP contribution is -2.14. The Labute approximate surface area is 191 Å². The van der Waals surface area contributed by atoms with Crippen molar-refractivity contribution in [2.75, 3.05) is 0 Å². The SMILES string of the molecule is O=c1cc(C(F)(F)F)c2cc(Cc3ccc(Sc4cc5ccccc5cn4)cc3)ccc2[nH]1. The molecule has 0 saturated carbocycles. The maximum Gasteiger partial charge on any atom is 0.417 e. The number of aromatic nitrogens is 2. The molecule has 0 atom stereocenters. The minimum absolute atomic E-state index is 0.00541. The molecule has 0 aliphatic carbocycles. The van der Waals surface area contributed by atoms with E-state index < -0.39 is 17.3 Å². The van der Waals surface area contributed by atoms with E-state index in [0.29, 0.717) is 12.5 Å². The van der Waals surface area contributed by atoms with Gasteiger partial charge in [0.1, 0.15) is 5.03 Å². The van der Waals surface area contributed by atoms with E-state index in [4.69, 9.17) is 0 Å². The highest BCUT2D eigenvalue weighted by Crippen LogP contribution is 2.34. The van der Waals surface area contributed by atoms with Crippen LogP contribution in [-0.2, 0) is 12.6 Å². The van der Waals surface area contributed by atoms with E-state index in [2.05, 4.69) is 9.97 Å². The Kier molecular flexibility index (Phi) is 5.42. The third kappa shape index (κ3) is 4.64. The van der Waals surface area contributed by atoms with Gasteiger partial charge in [0.05, 0.1) is 5.56 Å². The normalized spacial score (nSPS) is 11.8. The molecule has 5 rings (SSSR count). The summed E-state index contributed by atoms with van der Waals surface area (Å²) >= 11 is 1.56. The predicted octanol–water partition coefficient (Wildman–Crippen LogP) is 6.84. The molecule has 5 aromatic rings. The highest BCUT2D eigenvalue weighted by atomic mass is 32.2. The van der Waals surface area contributed by atoms with Crippen LogP contribution in [0.15, 0.2) is 99.8 Å². The average Bonchev–Trinajstić information content (AvgIpc) is 2.79. The van der Waals surface area contributed by atoms with Crippen molar-refractivity contribution in [3.63, 3.8) is 0 Å². The van der Waals surface area contributed by atoms with Gasteiger partial charge < -0.3 is 4.98 Å². The molecule has 2 heterocycles. The first kappa shape index (κ1) is 21.3. The quantitative estimate of drug-likeness (QED) is 0.318. The average molecular weight is 462 g/mol. The summed E-state index contributed by atoms with van der Waals surface area (Å²) in [6.07, 6.45) is -2.26. The second-order valence-corrected chi connectivity index (χ2v) is 8.81. The van der Waals surface area contributed by atoms with Crippen molar-refractivity contribution in [2.24, 2.45) is 0 Å². The number of aromatic amines is 1. The van der Waals surface area contributed by atoms with Gasteiger partial charge >= 0.3 is 6.18 Å². The third-order valence-corrected chi connectivity index (χ3v) is 6.31. The molecule has 0 spiro atoms. The molecule has 1 N–H and O–H groups in total. The van der Waals surface area contributed by atoms with Crippen LogP contribution in [0, 0.1) is 0 Å². The summed E-state index contributed by atoms with van der Waals surface area (Å²) in [4.78, 5) is 19.6. The summed E-state index contributed by atoms with van der Waals surface area (Å²) in [5, 5.41) is 3.10. The Morgan fingerprint density at radius 2 is 1.58 bits per heavy atom. The maximum absolute atomic E-state index is 13.4. The fourth-order valence-electron chi connectivity index (χ4n) is 3.80. The Hall–Kier alpha value is -3.58. The first-order chi connectivity index (χ1) is 15.8. The fourth-order valence-corrected chi connectivity index (χ4v) is 4.60. The maximum atomic E-state index is 13.4. The monoisotopic (exact) mass is 462 g/mol. The van der Waals surface area contributed by atoms with Gasteiger partial charge in [-0.3, -0.25) is 4.79 Å². The number of nitrogens with zero attached hydrogens (tertiary/aromatic N) is 1. The van der Waals surface area contributed by atoms with Crippen molar-refractivity contribution in [1.82, 2.24) is 9.97 Å². The molecule has 0 radical (unpaired) electrons. The first-order valence-corrected chi connectivity index (χ1v) is 11.0. The van der Waals surface area contributed by atoms with Crippen LogP contribution in [0.3, 0.4) is 0 Å². The summed E-state index contributed by atoms with van der Waals surface area (Å²) in [6.45, 7) is 0. The molecule has 3 aromatic carbocycles. The number of rotatable bonds is 4. The number of H-pyrrole nitrogens is 1. The molecule has 0 fully saturated rings. The molecule has 0 bridgehead atoms. The number of halogens is 3. The Morgan fingerprint density at radius 3 is 2.33 bits per heavy atom. The van der Waals surface area contributed by atoms with Gasteiger partial charge in [0, 0.05) is 33.4 Å². The zero-order chi connectivity index (χ0) is 23.0. The van der Waals surface area contributed by atoms with Gasteiger partial charge in [-0.15, -0.1) is 0 Å². The van der Waals surface area contributed by atoms with E-state index in [1.165, 1.54) is 12.1 Å². The smallest absolute Gasteiger partial charge is 0.322 e. The number of fused-ring (bicyclic) bond motifs is 2. The van der Waals surface area contributed by atoms with Gasteiger partial charge in [0.2, 0.25) is 5.56 Å². The molecule has 33 heavy (non-hydrogen) atoms. The van der Waals surface area contributed by atoms with Gasteiger partial charge in [-0.1, -0.05) is 54.2 Å². The molecule has 0 aliphatic rings. The third-order valence-electron chi connectivity index (χ3n) is 5.37. The van der Waals surface area contributed by atoms with Crippen molar-refractivity contribution in [3.8, 4) is 0 Å². The summed E-state index contributed by atoms with van der Waals surface area (Å²) < 4.78 is 40.2. The summed E-state index contributed by atoms with van der Waals surface area (Å²) in [5.41, 5.74) is 0.197. The molecule has 0 saturated heterocycles. The zero-order valence-corrected chi connectivity index (χ0v) is 18.0. The van der Waals surface area contributed by atoms with Crippen LogP contribution >= 0.6 is 11.8 Å². The van der Waals surface area contributed by atoms with Gasteiger partial charge in [-0.25, -0.2) is 4.98 Å². The lowest BCUT2D eigenvalue weighted by Gasteiger charge is -2.11. The van der Waals surface area contributed by atoms with Crippen LogP contribution in [0.4, 0.5) is 13.2 Å². The van der Waals surface area contributed by atoms with Gasteiger partial charge in [-0.2, -0.15) is 13.2 Å². The van der Waals surface area contributed by atoms with Gasteiger partial charge in [-0.05, 0) is 53.3 Å². The van der Waals surface area contributed by atoms with Crippen molar-refractivity contribution in [2.45, 2.75) is 22.5 Å². The predicted molar refractivity (Wildman–Crippen MR) is 125 cm³/mol. The van der Waals surface area contributed by atoms with E-state index in [1.54, 1.807) is 17.8 Å². The Morgan fingerprint density at radius 1 is 0.848 bits per heavy atom. The number of hydrogen-bond acceptors (Lipinski definition) is 3. The van der Waals surface area contributed by atoms with Crippen molar-refractivity contribution < 1.29 is 13.2 Å². The van der Waals surface area contributed by atoms with Crippen LogP contribution < -0.4 is 5.56 Å². The molecule has 0 aliphatic heterocycles. The molecular weight excluding hydrogens is 445 g/mol. The van der Waals surface area contributed by atoms with Gasteiger partial charge in [0.15, 0.2) is 0 Å². The van der Waals surface area contributed by atoms with Crippen LogP contribution in [0.2, 0.25) is 0 Å². The summed E-state index contributed by atoms with van der Waals surface area (Å²) in [5.74, 6) is 0. The minimum Gasteiger partial charge on any atom is -0.322 e. The van der Waals surface area contributed by atoms with E-state index in [-0.39, 0.29) is 10.9 Å². The largest absolute Gasteiger partial charge is 0.417 e. The molecule has 0 unspecified atom stereocenters. The molecule has 164 valence electrons. The highest BCUT2D eigenvalue weighted by molar-refractivity contribution is 7.99. The van der Waals surface area contributed by atoms with Crippen LogP contribution in [-0.4, -0.2) is 9.97 Å². The second-order valence-electron chi connectivity index (χ2n) is 7.72. The Balaban J connectivity index is 1.37. The first-order valence-electron chi connectivity index (χ1n) is 10.2. The van der Waals surface area contributed by atoms with Crippen molar-refractivity contribution >= 4 is 33.4 Å². The summed E-state index contributed by atoms with van der Waals surface area (Å²) in [7, 11) is 0. The molecule has 3 nitrogen and oxygen atoms in total. The van der Waals surface area contributed by atoms with Gasteiger partial charge in [0.25, 0.3) is 0 Å². The summed E-state index contributed by atoms with van der Waals surface area (Å²) in [6, 6.07) is 23.4. The van der Waals surface area contributed by atoms with E-state index in [9.17, 15) is 18.0 Å².